The molecule has 0 radical (unpaired) electrons. The van der Waals surface area contributed by atoms with Crippen LogP contribution in [0.2, 0.25) is 0 Å². The van der Waals surface area contributed by atoms with E-state index in [1.54, 1.807) is 12.1 Å². The van der Waals surface area contributed by atoms with Crippen molar-refractivity contribution >= 4 is 11.8 Å². The van der Waals surface area contributed by atoms with Gasteiger partial charge in [0.25, 0.3) is 0 Å². The molecule has 32 heavy (non-hydrogen) atoms. The Morgan fingerprint density at radius 3 is 2.44 bits per heavy atom. The molecule has 2 fully saturated rings. The second-order valence-electron chi connectivity index (χ2n) is 9.67. The summed E-state index contributed by atoms with van der Waals surface area (Å²) in [5, 5.41) is 3.21. The Kier molecular flexibility index (Phi) is 7.95. The summed E-state index contributed by atoms with van der Waals surface area (Å²) < 4.78 is 13.2. The van der Waals surface area contributed by atoms with Crippen molar-refractivity contribution in [3.05, 3.63) is 47.8 Å². The molecule has 1 saturated carbocycles. The lowest BCUT2D eigenvalue weighted by Crippen LogP contribution is -2.46. The first kappa shape index (κ1) is 23.0. The summed E-state index contributed by atoms with van der Waals surface area (Å²) in [7, 11) is 0. The molecule has 2 amide bonds. The second kappa shape index (κ2) is 11.1. The van der Waals surface area contributed by atoms with Crippen LogP contribution in [0.4, 0.5) is 4.39 Å². The molecule has 0 aromatic heterocycles. The van der Waals surface area contributed by atoms with Crippen LogP contribution >= 0.6 is 0 Å². The first-order valence-corrected chi connectivity index (χ1v) is 12.3. The first-order valence-electron chi connectivity index (χ1n) is 12.3. The van der Waals surface area contributed by atoms with Crippen molar-refractivity contribution < 1.29 is 14.0 Å². The van der Waals surface area contributed by atoms with Gasteiger partial charge >= 0.3 is 0 Å². The Bertz CT molecular complexity index is 796. The minimum Gasteiger partial charge on any atom is -0.352 e. The first-order chi connectivity index (χ1) is 15.6. The molecule has 3 aliphatic rings. The predicted molar refractivity (Wildman–Crippen MR) is 123 cm³/mol. The molecule has 1 aliphatic carbocycles. The van der Waals surface area contributed by atoms with Gasteiger partial charge in [0, 0.05) is 25.0 Å². The Hall–Kier alpha value is -2.21. The molecule has 0 spiro atoms. The molecular formula is C26H36FN3O2. The fourth-order valence-corrected chi connectivity index (χ4v) is 5.45. The van der Waals surface area contributed by atoms with Gasteiger partial charge in [0.1, 0.15) is 5.82 Å². The van der Waals surface area contributed by atoms with Crippen molar-refractivity contribution in [1.29, 1.82) is 0 Å². The van der Waals surface area contributed by atoms with Crippen molar-refractivity contribution in [1.82, 2.24) is 15.1 Å². The Morgan fingerprint density at radius 1 is 1.00 bits per heavy atom. The fourth-order valence-electron chi connectivity index (χ4n) is 5.45. The lowest BCUT2D eigenvalue weighted by molar-refractivity contribution is -0.138. The maximum Gasteiger partial charge on any atom is 0.234 e. The highest BCUT2D eigenvalue weighted by atomic mass is 19.1. The van der Waals surface area contributed by atoms with E-state index in [-0.39, 0.29) is 23.5 Å². The number of likely N-dealkylation sites (tertiary alicyclic amines) is 1. The second-order valence-corrected chi connectivity index (χ2v) is 9.67. The zero-order chi connectivity index (χ0) is 22.3. The molecule has 1 atom stereocenters. The van der Waals surface area contributed by atoms with E-state index in [1.165, 1.54) is 31.4 Å². The van der Waals surface area contributed by atoms with Crippen molar-refractivity contribution in [2.45, 2.75) is 64.0 Å². The van der Waals surface area contributed by atoms with Gasteiger partial charge in [0.2, 0.25) is 11.8 Å². The molecule has 0 unspecified atom stereocenters. The number of allylic oxidation sites excluding steroid dienone is 1. The lowest BCUT2D eigenvalue weighted by Gasteiger charge is -2.36. The maximum absolute atomic E-state index is 13.3. The van der Waals surface area contributed by atoms with Gasteiger partial charge in [0.05, 0.1) is 6.54 Å². The molecule has 2 heterocycles. The third-order valence-electron chi connectivity index (χ3n) is 7.34. The zero-order valence-electron chi connectivity index (χ0n) is 19.0. The van der Waals surface area contributed by atoms with Crippen LogP contribution < -0.4 is 5.32 Å². The molecule has 174 valence electrons. The maximum atomic E-state index is 13.3. The van der Waals surface area contributed by atoms with Crippen LogP contribution in [0.25, 0.3) is 0 Å². The van der Waals surface area contributed by atoms with Gasteiger partial charge in [-0.2, -0.15) is 0 Å². The summed E-state index contributed by atoms with van der Waals surface area (Å²) >= 11 is 0. The number of benzene rings is 1. The van der Waals surface area contributed by atoms with Crippen LogP contribution in [0, 0.1) is 17.7 Å². The average molecular weight is 442 g/mol. The number of hydrogen-bond donors (Lipinski definition) is 1. The van der Waals surface area contributed by atoms with Crippen LogP contribution in [0.3, 0.4) is 0 Å². The van der Waals surface area contributed by atoms with E-state index in [1.807, 2.05) is 4.90 Å². The highest BCUT2D eigenvalue weighted by Gasteiger charge is 2.34. The SMILES string of the molecule is O=C(CN1CCC([C@H]2CC=CCN(Cc3ccc(F)cc3)C2=O)CC1)NC1CCCCC1. The average Bonchev–Trinajstić information content (AvgIpc) is 2.98. The summed E-state index contributed by atoms with van der Waals surface area (Å²) in [6, 6.07) is 6.76. The summed E-state index contributed by atoms with van der Waals surface area (Å²) in [4.78, 5) is 29.9. The standard InChI is InChI=1S/C26H36FN3O2/c27-22-11-9-20(10-12-22)18-30-15-5-4-8-24(26(30)32)21-13-16-29(17-14-21)19-25(31)28-23-6-2-1-3-7-23/h4-5,9-12,21,23-24H,1-3,6-8,13-19H2,(H,28,31)/t24-/m1/s1. The third-order valence-corrected chi connectivity index (χ3v) is 7.34. The van der Waals surface area contributed by atoms with Crippen LogP contribution in [-0.2, 0) is 16.1 Å². The van der Waals surface area contributed by atoms with E-state index in [2.05, 4.69) is 22.4 Å². The van der Waals surface area contributed by atoms with Gasteiger partial charge in [0.15, 0.2) is 0 Å². The van der Waals surface area contributed by atoms with Gasteiger partial charge in [-0.25, -0.2) is 4.39 Å². The monoisotopic (exact) mass is 441 g/mol. The lowest BCUT2D eigenvalue weighted by atomic mass is 9.81. The van der Waals surface area contributed by atoms with Crippen LogP contribution in [0.5, 0.6) is 0 Å². The van der Waals surface area contributed by atoms with Crippen LogP contribution in [0.1, 0.15) is 56.9 Å². The normalized spacial score (nSPS) is 23.8. The number of carbonyl (C=O) groups is 2. The molecule has 2 aliphatic heterocycles. The number of carbonyl (C=O) groups excluding carboxylic acids is 2. The van der Waals surface area contributed by atoms with Crippen molar-refractivity contribution in [3.8, 4) is 0 Å². The van der Waals surface area contributed by atoms with Crippen molar-refractivity contribution in [2.75, 3.05) is 26.2 Å². The van der Waals surface area contributed by atoms with Crippen LogP contribution in [-0.4, -0.2) is 53.8 Å². The van der Waals surface area contributed by atoms with E-state index < -0.39 is 0 Å². The van der Waals surface area contributed by atoms with Crippen LogP contribution in [0.15, 0.2) is 36.4 Å². The highest BCUT2D eigenvalue weighted by Crippen LogP contribution is 2.31. The highest BCUT2D eigenvalue weighted by molar-refractivity contribution is 5.80. The summed E-state index contributed by atoms with van der Waals surface area (Å²) in [5.74, 6) is 0.432. The number of rotatable bonds is 6. The smallest absolute Gasteiger partial charge is 0.234 e. The minimum atomic E-state index is -0.257. The molecule has 4 rings (SSSR count). The van der Waals surface area contributed by atoms with Gasteiger partial charge in [-0.3, -0.25) is 14.5 Å². The van der Waals surface area contributed by atoms with Crippen molar-refractivity contribution in [3.63, 3.8) is 0 Å². The minimum absolute atomic E-state index is 0.00702. The van der Waals surface area contributed by atoms with Gasteiger partial charge < -0.3 is 10.2 Å². The van der Waals surface area contributed by atoms with E-state index in [9.17, 15) is 14.0 Å². The molecule has 1 N–H and O–H groups in total. The van der Waals surface area contributed by atoms with E-state index >= 15 is 0 Å². The number of nitrogens with zero attached hydrogens (tertiary/aromatic N) is 2. The van der Waals surface area contributed by atoms with Gasteiger partial charge in [-0.15, -0.1) is 0 Å². The quantitative estimate of drug-likeness (QED) is 0.682. The summed E-state index contributed by atoms with van der Waals surface area (Å²) in [5.41, 5.74) is 0.951. The van der Waals surface area contributed by atoms with Crippen molar-refractivity contribution in [2.24, 2.45) is 11.8 Å². The number of halogens is 1. The zero-order valence-corrected chi connectivity index (χ0v) is 19.0. The van der Waals surface area contributed by atoms with Gasteiger partial charge in [-0.05, 0) is 68.8 Å². The van der Waals surface area contributed by atoms with E-state index in [0.29, 0.717) is 31.6 Å². The van der Waals surface area contributed by atoms with E-state index in [4.69, 9.17) is 0 Å². The number of nitrogens with one attached hydrogen (secondary N) is 1. The molecule has 6 heteroatoms. The Balaban J connectivity index is 1.27. The number of hydrogen-bond acceptors (Lipinski definition) is 3. The Labute approximate surface area is 191 Å². The third kappa shape index (κ3) is 6.18. The molecule has 0 bridgehead atoms. The van der Waals surface area contributed by atoms with Gasteiger partial charge in [-0.1, -0.05) is 43.5 Å². The summed E-state index contributed by atoms with van der Waals surface area (Å²) in [6.45, 7) is 3.33. The fraction of sp³-hybridized carbons (Fsp3) is 0.615. The number of piperidine rings is 1. The summed E-state index contributed by atoms with van der Waals surface area (Å²) in [6.07, 6.45) is 12.8. The molecule has 1 aromatic rings. The molecule has 5 nitrogen and oxygen atoms in total. The predicted octanol–water partition coefficient (Wildman–Crippen LogP) is 3.89. The Morgan fingerprint density at radius 2 is 1.72 bits per heavy atom. The topological polar surface area (TPSA) is 52.7 Å². The largest absolute Gasteiger partial charge is 0.352 e. The molecule has 1 saturated heterocycles. The van der Waals surface area contributed by atoms with E-state index in [0.717, 1.165) is 50.8 Å². The molecular weight excluding hydrogens is 405 g/mol. The number of amides is 2. The molecule has 1 aromatic carbocycles.